The van der Waals surface area contributed by atoms with E-state index in [1.54, 1.807) is 0 Å². The summed E-state index contributed by atoms with van der Waals surface area (Å²) in [6, 6.07) is 0.514. The normalized spacial score (nSPS) is 28.9. The summed E-state index contributed by atoms with van der Waals surface area (Å²) in [5.41, 5.74) is 8.04. The first-order valence-electron chi connectivity index (χ1n) is 5.61. The Morgan fingerprint density at radius 1 is 1.56 bits per heavy atom. The molecule has 16 heavy (non-hydrogen) atoms. The van der Waals surface area contributed by atoms with E-state index in [1.807, 2.05) is 6.92 Å². The van der Waals surface area contributed by atoms with E-state index >= 15 is 0 Å². The molecule has 5 heteroatoms. The molecule has 2 unspecified atom stereocenters. The van der Waals surface area contributed by atoms with E-state index in [-0.39, 0.29) is 18.0 Å². The summed E-state index contributed by atoms with van der Waals surface area (Å²) in [5.74, 6) is 1.12. The van der Waals surface area contributed by atoms with Crippen LogP contribution in [-0.4, -0.2) is 35.3 Å². The third kappa shape index (κ3) is 1.77. The van der Waals surface area contributed by atoms with Crippen molar-refractivity contribution < 1.29 is 0 Å². The number of nitrogens with zero attached hydrogens (tertiary/aromatic N) is 2. The molecule has 2 aliphatic heterocycles. The molecule has 0 bridgehead atoms. The van der Waals surface area contributed by atoms with Crippen molar-refractivity contribution in [1.29, 1.82) is 5.41 Å². The number of nitrogens with one attached hydrogen (secondary N) is 2. The quantitative estimate of drug-likeness (QED) is 0.449. The molecule has 0 amide bonds. The average Bonchev–Trinajstić information content (AvgIpc) is 2.58. The molecule has 2 rings (SSSR count). The van der Waals surface area contributed by atoms with Gasteiger partial charge in [-0.1, -0.05) is 0 Å². The summed E-state index contributed by atoms with van der Waals surface area (Å²) in [6.45, 7) is 7.15. The number of aliphatic imine (C=N–C) groups is 1. The van der Waals surface area contributed by atoms with Gasteiger partial charge in [-0.2, -0.15) is 0 Å². The van der Waals surface area contributed by atoms with Crippen LogP contribution in [0.4, 0.5) is 0 Å². The molecular weight excluding hydrogens is 202 g/mol. The van der Waals surface area contributed by atoms with Crippen LogP contribution in [0.5, 0.6) is 0 Å². The van der Waals surface area contributed by atoms with Gasteiger partial charge in [-0.05, 0) is 26.3 Å². The van der Waals surface area contributed by atoms with E-state index in [9.17, 15) is 0 Å². The summed E-state index contributed by atoms with van der Waals surface area (Å²) in [6.07, 6.45) is 0.933. The number of hydrogen-bond donors (Lipinski definition) is 3. The zero-order valence-corrected chi connectivity index (χ0v) is 10.0. The van der Waals surface area contributed by atoms with E-state index < -0.39 is 0 Å². The van der Waals surface area contributed by atoms with Crippen LogP contribution in [0.15, 0.2) is 16.3 Å². The van der Waals surface area contributed by atoms with Crippen LogP contribution in [0.25, 0.3) is 0 Å². The fourth-order valence-corrected chi connectivity index (χ4v) is 2.44. The van der Waals surface area contributed by atoms with Gasteiger partial charge in [0.2, 0.25) is 0 Å². The van der Waals surface area contributed by atoms with E-state index in [0.717, 1.165) is 18.8 Å². The van der Waals surface area contributed by atoms with Gasteiger partial charge in [0.05, 0.1) is 12.1 Å². The minimum atomic E-state index is 0.0470. The van der Waals surface area contributed by atoms with Crippen molar-refractivity contribution in [2.75, 3.05) is 6.54 Å². The highest BCUT2D eigenvalue weighted by atomic mass is 15.3. The summed E-state index contributed by atoms with van der Waals surface area (Å²) in [7, 11) is 0. The number of rotatable bonds is 1. The van der Waals surface area contributed by atoms with Crippen molar-refractivity contribution in [2.45, 2.75) is 39.3 Å². The maximum atomic E-state index is 7.26. The van der Waals surface area contributed by atoms with Gasteiger partial charge in [0.25, 0.3) is 0 Å². The molecular formula is C11H19N5. The fraction of sp³-hybridized carbons (Fsp3) is 0.636. The predicted octanol–water partition coefficient (Wildman–Crippen LogP) is 0.638. The highest BCUT2D eigenvalue weighted by molar-refractivity contribution is 5.84. The first kappa shape index (κ1) is 11.0. The van der Waals surface area contributed by atoms with Crippen LogP contribution in [-0.2, 0) is 0 Å². The largest absolute Gasteiger partial charge is 0.370 e. The Bertz CT molecular complexity index is 382. The van der Waals surface area contributed by atoms with Gasteiger partial charge in [0.1, 0.15) is 5.84 Å². The van der Waals surface area contributed by atoms with Crippen LogP contribution >= 0.6 is 0 Å². The standard InChI is InChI=1S/C11H19N5/c1-6-7(2)14-8(3)16-5-9(4-10(6)16)15-11(12)13/h7,9H,4-5H2,1-3H3,(H4,12,13,15). The number of nitrogens with two attached hydrogens (primary N) is 1. The Kier molecular flexibility index (Phi) is 2.61. The van der Waals surface area contributed by atoms with Crippen molar-refractivity contribution >= 4 is 11.8 Å². The molecule has 1 fully saturated rings. The Morgan fingerprint density at radius 3 is 2.88 bits per heavy atom. The van der Waals surface area contributed by atoms with Crippen molar-refractivity contribution in [3.05, 3.63) is 11.3 Å². The zero-order valence-electron chi connectivity index (χ0n) is 10.0. The molecule has 88 valence electrons. The minimum absolute atomic E-state index is 0.0470. The number of hydrogen-bond acceptors (Lipinski definition) is 3. The SMILES string of the molecule is CC1=NC(C)C(C)=C2CC(NC(=N)N)CN12. The van der Waals surface area contributed by atoms with Gasteiger partial charge < -0.3 is 16.0 Å². The van der Waals surface area contributed by atoms with Gasteiger partial charge in [-0.15, -0.1) is 0 Å². The molecule has 0 saturated carbocycles. The third-order valence-electron chi connectivity index (χ3n) is 3.38. The van der Waals surface area contributed by atoms with Gasteiger partial charge >= 0.3 is 0 Å². The molecule has 2 aliphatic rings. The van der Waals surface area contributed by atoms with Crippen LogP contribution in [0.1, 0.15) is 27.2 Å². The average molecular weight is 221 g/mol. The second-order valence-corrected chi connectivity index (χ2v) is 4.55. The van der Waals surface area contributed by atoms with E-state index in [2.05, 4.69) is 29.1 Å². The predicted molar refractivity (Wildman–Crippen MR) is 65.4 cm³/mol. The Morgan fingerprint density at radius 2 is 2.25 bits per heavy atom. The van der Waals surface area contributed by atoms with E-state index in [4.69, 9.17) is 11.1 Å². The second-order valence-electron chi connectivity index (χ2n) is 4.55. The molecule has 0 radical (unpaired) electrons. The van der Waals surface area contributed by atoms with Crippen molar-refractivity contribution in [1.82, 2.24) is 10.2 Å². The Hall–Kier alpha value is -1.52. The van der Waals surface area contributed by atoms with Crippen molar-refractivity contribution in [3.63, 3.8) is 0 Å². The molecule has 1 saturated heterocycles. The molecule has 0 spiro atoms. The van der Waals surface area contributed by atoms with Crippen LogP contribution in [0.2, 0.25) is 0 Å². The van der Waals surface area contributed by atoms with Crippen LogP contribution in [0.3, 0.4) is 0 Å². The molecule has 0 aliphatic carbocycles. The minimum Gasteiger partial charge on any atom is -0.370 e. The molecule has 2 atom stereocenters. The molecule has 4 N–H and O–H groups in total. The zero-order chi connectivity index (χ0) is 11.9. The van der Waals surface area contributed by atoms with E-state index in [0.29, 0.717) is 0 Å². The number of fused-ring (bicyclic) bond motifs is 1. The summed E-state index contributed by atoms with van der Waals surface area (Å²) >= 11 is 0. The number of amidine groups is 1. The van der Waals surface area contributed by atoms with Gasteiger partial charge in [0, 0.05) is 18.7 Å². The smallest absolute Gasteiger partial charge is 0.185 e. The lowest BCUT2D eigenvalue weighted by molar-refractivity contribution is 0.517. The Balaban J connectivity index is 2.20. The highest BCUT2D eigenvalue weighted by Gasteiger charge is 2.33. The monoisotopic (exact) mass is 221 g/mol. The van der Waals surface area contributed by atoms with Crippen LogP contribution in [0, 0.1) is 5.41 Å². The van der Waals surface area contributed by atoms with Crippen LogP contribution < -0.4 is 11.1 Å². The summed E-state index contributed by atoms with van der Waals surface area (Å²) in [5, 5.41) is 10.2. The maximum Gasteiger partial charge on any atom is 0.185 e. The maximum absolute atomic E-state index is 7.26. The van der Waals surface area contributed by atoms with Crippen molar-refractivity contribution in [2.24, 2.45) is 10.7 Å². The van der Waals surface area contributed by atoms with Gasteiger partial charge in [-0.3, -0.25) is 10.4 Å². The Labute approximate surface area is 95.9 Å². The van der Waals surface area contributed by atoms with Crippen molar-refractivity contribution in [3.8, 4) is 0 Å². The lowest BCUT2D eigenvalue weighted by Crippen LogP contribution is -2.41. The highest BCUT2D eigenvalue weighted by Crippen LogP contribution is 2.30. The third-order valence-corrected chi connectivity index (χ3v) is 3.38. The first-order chi connectivity index (χ1) is 7.49. The topological polar surface area (TPSA) is 77.5 Å². The molecule has 2 heterocycles. The number of guanidine groups is 1. The van der Waals surface area contributed by atoms with E-state index in [1.165, 1.54) is 11.3 Å². The summed E-state index contributed by atoms with van der Waals surface area (Å²) in [4.78, 5) is 6.82. The molecule has 0 aromatic carbocycles. The second kappa shape index (κ2) is 3.81. The first-order valence-corrected chi connectivity index (χ1v) is 5.61. The van der Waals surface area contributed by atoms with Gasteiger partial charge in [-0.25, -0.2) is 0 Å². The lowest BCUT2D eigenvalue weighted by atomic mass is 10.0. The molecule has 5 nitrogen and oxygen atoms in total. The fourth-order valence-electron chi connectivity index (χ4n) is 2.44. The summed E-state index contributed by atoms with van der Waals surface area (Å²) < 4.78 is 0. The van der Waals surface area contributed by atoms with Gasteiger partial charge in [0.15, 0.2) is 5.96 Å². The lowest BCUT2D eigenvalue weighted by Gasteiger charge is -2.28. The molecule has 0 aromatic heterocycles. The molecule has 0 aromatic rings.